The molecule has 0 bridgehead atoms. The van der Waals surface area contributed by atoms with Gasteiger partial charge in [-0.15, -0.1) is 0 Å². The summed E-state index contributed by atoms with van der Waals surface area (Å²) in [6, 6.07) is 3.10. The van der Waals surface area contributed by atoms with Crippen molar-refractivity contribution in [1.29, 1.82) is 0 Å². The van der Waals surface area contributed by atoms with E-state index in [0.29, 0.717) is 5.82 Å². The fraction of sp³-hybridized carbons (Fsp3) is 0.250. The summed E-state index contributed by atoms with van der Waals surface area (Å²) in [5.74, 6) is 0.263. The number of esters is 1. The molecule has 6 heteroatoms. The second kappa shape index (κ2) is 5.31. The average molecular weight is 245 g/mol. The van der Waals surface area contributed by atoms with E-state index in [1.807, 2.05) is 6.07 Å². The first-order chi connectivity index (χ1) is 8.72. The summed E-state index contributed by atoms with van der Waals surface area (Å²) in [7, 11) is 1.35. The van der Waals surface area contributed by atoms with E-state index in [1.165, 1.54) is 11.8 Å². The van der Waals surface area contributed by atoms with Gasteiger partial charge in [-0.1, -0.05) is 4.68 Å². The predicted molar refractivity (Wildman–Crippen MR) is 62.2 cm³/mol. The third kappa shape index (κ3) is 2.48. The molecule has 2 rings (SSSR count). The number of rotatable bonds is 3. The highest BCUT2D eigenvalue weighted by atomic mass is 16.5. The molecule has 0 aliphatic heterocycles. The van der Waals surface area contributed by atoms with Crippen LogP contribution in [0.2, 0.25) is 0 Å². The zero-order valence-electron chi connectivity index (χ0n) is 10.1. The second-order valence-electron chi connectivity index (χ2n) is 3.67. The van der Waals surface area contributed by atoms with Gasteiger partial charge < -0.3 is 4.74 Å². The summed E-state index contributed by atoms with van der Waals surface area (Å²) >= 11 is 0. The monoisotopic (exact) mass is 245 g/mol. The Hall–Kier alpha value is -2.37. The number of nitrogens with zero attached hydrogens (tertiary/aromatic N) is 4. The largest absolute Gasteiger partial charge is 0.464 e. The molecule has 0 N–H and O–H groups in total. The number of carbonyl (C=O) groups excluding carboxylic acids is 1. The van der Waals surface area contributed by atoms with Crippen molar-refractivity contribution in [3.05, 3.63) is 36.9 Å². The van der Waals surface area contributed by atoms with Crippen molar-refractivity contribution in [3.8, 4) is 11.4 Å². The van der Waals surface area contributed by atoms with Gasteiger partial charge in [-0.2, -0.15) is 0 Å². The van der Waals surface area contributed by atoms with E-state index in [9.17, 15) is 4.79 Å². The first kappa shape index (κ1) is 12.1. The average Bonchev–Trinajstić information content (AvgIpc) is 2.47. The van der Waals surface area contributed by atoms with Gasteiger partial charge >= 0.3 is 5.97 Å². The Labute approximate surface area is 104 Å². The molecule has 0 spiro atoms. The van der Waals surface area contributed by atoms with Crippen LogP contribution in [0.3, 0.4) is 0 Å². The van der Waals surface area contributed by atoms with Crippen molar-refractivity contribution in [2.75, 3.05) is 7.11 Å². The number of methoxy groups -OCH3 is 1. The number of hydrogen-bond donors (Lipinski definition) is 0. The molecule has 0 aliphatic carbocycles. The molecule has 0 saturated carbocycles. The highest BCUT2D eigenvalue weighted by Gasteiger charge is 2.24. The van der Waals surface area contributed by atoms with Gasteiger partial charge in [0, 0.05) is 30.9 Å². The number of ether oxygens (including phenoxy) is 1. The van der Waals surface area contributed by atoms with Crippen LogP contribution in [0.15, 0.2) is 36.9 Å². The van der Waals surface area contributed by atoms with Gasteiger partial charge in [0.15, 0.2) is 12.0 Å². The van der Waals surface area contributed by atoms with E-state index in [0.717, 1.165) is 5.56 Å². The molecule has 0 saturated heterocycles. The maximum atomic E-state index is 11.4. The van der Waals surface area contributed by atoms with Gasteiger partial charge in [-0.3, -0.25) is 0 Å². The third-order valence-corrected chi connectivity index (χ3v) is 2.50. The van der Waals surface area contributed by atoms with Crippen LogP contribution in [0.4, 0.5) is 0 Å². The van der Waals surface area contributed by atoms with Gasteiger partial charge in [0.05, 0.1) is 7.11 Å². The van der Waals surface area contributed by atoms with E-state index in [-0.39, 0.29) is 5.97 Å². The molecule has 92 valence electrons. The van der Waals surface area contributed by atoms with Crippen molar-refractivity contribution in [2.45, 2.75) is 13.0 Å². The van der Waals surface area contributed by atoms with E-state index >= 15 is 0 Å². The Balaban J connectivity index is 2.23. The lowest BCUT2D eigenvalue weighted by atomic mass is 10.3. The number of aromatic nitrogens is 4. The molecule has 2 aromatic heterocycles. The molecule has 2 heterocycles. The van der Waals surface area contributed by atoms with Crippen LogP contribution in [-0.2, 0) is 9.53 Å². The Morgan fingerprint density at radius 2 is 2.11 bits per heavy atom. The van der Waals surface area contributed by atoms with Gasteiger partial charge in [0.2, 0.25) is 0 Å². The summed E-state index contributed by atoms with van der Waals surface area (Å²) in [5.41, 5.74) is 0.795. The topological polar surface area (TPSA) is 68.8 Å². The quantitative estimate of drug-likeness (QED) is 0.583. The molecule has 6 nitrogen and oxygen atoms in total. The molecule has 2 aromatic rings. The summed E-state index contributed by atoms with van der Waals surface area (Å²) in [4.78, 5) is 19.6. The lowest BCUT2D eigenvalue weighted by molar-refractivity contribution is -0.763. The van der Waals surface area contributed by atoms with Crippen LogP contribution >= 0.6 is 0 Å². The Morgan fingerprint density at radius 3 is 2.67 bits per heavy atom. The van der Waals surface area contributed by atoms with Crippen molar-refractivity contribution in [1.82, 2.24) is 15.1 Å². The van der Waals surface area contributed by atoms with Gasteiger partial charge in [0.1, 0.15) is 6.20 Å². The number of carbonyl (C=O) groups is 1. The van der Waals surface area contributed by atoms with Gasteiger partial charge in [0.25, 0.3) is 6.04 Å². The van der Waals surface area contributed by atoms with Crippen LogP contribution < -0.4 is 4.68 Å². The van der Waals surface area contributed by atoms with Crippen LogP contribution in [0, 0.1) is 0 Å². The predicted octanol–water partition coefficient (Wildman–Crippen LogP) is 0.560. The molecule has 1 atom stereocenters. The molecule has 0 fully saturated rings. The highest BCUT2D eigenvalue weighted by molar-refractivity contribution is 5.71. The maximum Gasteiger partial charge on any atom is 0.377 e. The highest BCUT2D eigenvalue weighted by Crippen LogP contribution is 2.09. The zero-order valence-corrected chi connectivity index (χ0v) is 10.1. The Bertz CT molecular complexity index is 528. The molecule has 0 amide bonds. The molecule has 18 heavy (non-hydrogen) atoms. The van der Waals surface area contributed by atoms with E-state index in [1.54, 1.807) is 37.8 Å². The maximum absolute atomic E-state index is 11.4. The SMILES string of the molecule is COC(=O)C(C)[n+]1ccc(-c2ncccn2)cn1. The summed E-state index contributed by atoms with van der Waals surface area (Å²) < 4.78 is 6.18. The van der Waals surface area contributed by atoms with Gasteiger partial charge in [-0.25, -0.2) is 14.8 Å². The third-order valence-electron chi connectivity index (χ3n) is 2.50. The van der Waals surface area contributed by atoms with Crippen LogP contribution in [0.25, 0.3) is 11.4 Å². The van der Waals surface area contributed by atoms with Crippen molar-refractivity contribution >= 4 is 5.97 Å². The molecule has 0 aromatic carbocycles. The van der Waals surface area contributed by atoms with Crippen molar-refractivity contribution < 1.29 is 14.2 Å². The minimum absolute atomic E-state index is 0.337. The summed E-state index contributed by atoms with van der Waals surface area (Å²) in [5, 5.41) is 4.16. The molecule has 0 aliphatic rings. The first-order valence-corrected chi connectivity index (χ1v) is 5.45. The fourth-order valence-corrected chi connectivity index (χ4v) is 1.46. The minimum Gasteiger partial charge on any atom is -0.464 e. The van der Waals surface area contributed by atoms with Crippen molar-refractivity contribution in [2.24, 2.45) is 0 Å². The minimum atomic E-state index is -0.458. The number of hydrogen-bond acceptors (Lipinski definition) is 5. The second-order valence-corrected chi connectivity index (χ2v) is 3.67. The van der Waals surface area contributed by atoms with E-state index in [2.05, 4.69) is 19.8 Å². The normalized spacial score (nSPS) is 11.9. The van der Waals surface area contributed by atoms with Gasteiger partial charge in [-0.05, 0) is 11.2 Å². The lowest BCUT2D eigenvalue weighted by Gasteiger charge is -2.02. The summed E-state index contributed by atoms with van der Waals surface area (Å²) in [6.45, 7) is 1.72. The Morgan fingerprint density at radius 1 is 1.39 bits per heavy atom. The Kier molecular flexibility index (Phi) is 3.57. The molecule has 0 radical (unpaired) electrons. The fourth-order valence-electron chi connectivity index (χ4n) is 1.46. The van der Waals surface area contributed by atoms with Crippen LogP contribution in [-0.4, -0.2) is 28.1 Å². The lowest BCUT2D eigenvalue weighted by Crippen LogP contribution is -2.45. The molecular formula is C12H13N4O2+. The first-order valence-electron chi connectivity index (χ1n) is 5.45. The van der Waals surface area contributed by atoms with E-state index < -0.39 is 6.04 Å². The van der Waals surface area contributed by atoms with Crippen LogP contribution in [0.1, 0.15) is 13.0 Å². The standard InChI is InChI=1S/C12H13N4O2/c1-9(12(17)18-2)16-7-4-10(8-15-16)11-13-5-3-6-14-11/h3-9H,1-2H3/q+1. The van der Waals surface area contributed by atoms with Crippen molar-refractivity contribution in [3.63, 3.8) is 0 Å². The van der Waals surface area contributed by atoms with E-state index in [4.69, 9.17) is 0 Å². The zero-order chi connectivity index (χ0) is 13.0. The molecular weight excluding hydrogens is 232 g/mol. The molecule has 1 unspecified atom stereocenters. The summed E-state index contributed by atoms with van der Waals surface area (Å²) in [6.07, 6.45) is 6.66. The van der Waals surface area contributed by atoms with Crippen LogP contribution in [0.5, 0.6) is 0 Å². The smallest absolute Gasteiger partial charge is 0.377 e.